The maximum Gasteiger partial charge on any atom is 0.237 e. The van der Waals surface area contributed by atoms with Crippen LogP contribution in [0.5, 0.6) is 11.6 Å². The number of nitrogens with zero attached hydrogens (tertiary/aromatic N) is 2. The Hall–Kier alpha value is -2.38. The highest BCUT2D eigenvalue weighted by Crippen LogP contribution is 2.27. The molecule has 0 saturated heterocycles. The van der Waals surface area contributed by atoms with E-state index in [-0.39, 0.29) is 12.5 Å². The van der Waals surface area contributed by atoms with E-state index in [1.165, 1.54) is 0 Å². The second kappa shape index (κ2) is 5.30. The van der Waals surface area contributed by atoms with E-state index in [1.807, 2.05) is 13.0 Å². The smallest absolute Gasteiger partial charge is 0.237 e. The summed E-state index contributed by atoms with van der Waals surface area (Å²) in [6.07, 6.45) is 1.59. The maximum absolute atomic E-state index is 9.21. The quantitative estimate of drug-likeness (QED) is 0.895. The number of aryl methyl sites for hydroxylation is 1. The lowest BCUT2D eigenvalue weighted by Crippen LogP contribution is -1.96. The predicted molar refractivity (Wildman–Crippen MR) is 66.1 cm³/mol. The number of aliphatic hydroxyl groups excluding tert-OH is 1. The van der Waals surface area contributed by atoms with Crippen molar-refractivity contribution >= 4 is 0 Å². The topological polar surface area (TPSA) is 66.1 Å². The van der Waals surface area contributed by atoms with Gasteiger partial charge in [0.1, 0.15) is 17.4 Å². The molecule has 0 aliphatic heterocycles. The molecule has 0 bridgehead atoms. The number of rotatable bonds is 3. The van der Waals surface area contributed by atoms with Crippen molar-refractivity contribution in [2.75, 3.05) is 0 Å². The van der Waals surface area contributed by atoms with Crippen LogP contribution < -0.4 is 4.74 Å². The van der Waals surface area contributed by atoms with Gasteiger partial charge in [-0.2, -0.15) is 5.26 Å². The highest BCUT2D eigenvalue weighted by atomic mass is 16.5. The van der Waals surface area contributed by atoms with Gasteiger partial charge in [0.15, 0.2) is 0 Å². The lowest BCUT2D eigenvalue weighted by Gasteiger charge is -2.10. The summed E-state index contributed by atoms with van der Waals surface area (Å²) in [5, 5.41) is 18.3. The third-order valence-corrected chi connectivity index (χ3v) is 2.59. The summed E-state index contributed by atoms with van der Waals surface area (Å²) in [4.78, 5) is 4.05. The normalized spacial score (nSPS) is 9.83. The molecule has 2 aromatic rings. The molecule has 0 spiro atoms. The largest absolute Gasteiger partial charge is 0.437 e. The number of aromatic nitrogens is 1. The Bertz CT molecular complexity index is 603. The molecule has 1 aromatic carbocycles. The van der Waals surface area contributed by atoms with Gasteiger partial charge in [0.25, 0.3) is 0 Å². The Kier molecular flexibility index (Phi) is 3.56. The fraction of sp³-hybridized carbons (Fsp3) is 0.143. The van der Waals surface area contributed by atoms with Crippen LogP contribution >= 0.6 is 0 Å². The third-order valence-electron chi connectivity index (χ3n) is 2.59. The van der Waals surface area contributed by atoms with Crippen molar-refractivity contribution in [2.45, 2.75) is 13.5 Å². The number of hydrogen-bond donors (Lipinski definition) is 1. The van der Waals surface area contributed by atoms with E-state index in [1.54, 1.807) is 30.5 Å². The molecule has 0 fully saturated rings. The lowest BCUT2D eigenvalue weighted by atomic mass is 10.1. The van der Waals surface area contributed by atoms with E-state index >= 15 is 0 Å². The Morgan fingerprint density at radius 3 is 2.83 bits per heavy atom. The van der Waals surface area contributed by atoms with Gasteiger partial charge in [-0.25, -0.2) is 4.98 Å². The zero-order valence-electron chi connectivity index (χ0n) is 9.92. The van der Waals surface area contributed by atoms with Crippen molar-refractivity contribution in [3.05, 3.63) is 53.2 Å². The van der Waals surface area contributed by atoms with Crippen LogP contribution in [0.3, 0.4) is 0 Å². The SMILES string of the molecule is Cc1ccnc(Oc2ccccc2CO)c1C#N. The van der Waals surface area contributed by atoms with Crippen molar-refractivity contribution in [2.24, 2.45) is 0 Å². The summed E-state index contributed by atoms with van der Waals surface area (Å²) in [7, 11) is 0. The molecule has 2 rings (SSSR count). The first-order chi connectivity index (χ1) is 8.76. The molecule has 0 unspecified atom stereocenters. The standard InChI is InChI=1S/C14H12N2O2/c1-10-6-7-16-14(12(10)8-15)18-13-5-3-2-4-11(13)9-17/h2-7,17H,9H2,1H3. The summed E-state index contributed by atoms with van der Waals surface area (Å²) in [6, 6.07) is 10.9. The van der Waals surface area contributed by atoms with E-state index in [0.717, 1.165) is 5.56 Å². The van der Waals surface area contributed by atoms with Gasteiger partial charge < -0.3 is 9.84 Å². The molecule has 18 heavy (non-hydrogen) atoms. The average Bonchev–Trinajstić information content (AvgIpc) is 2.40. The van der Waals surface area contributed by atoms with Gasteiger partial charge in [0, 0.05) is 11.8 Å². The first-order valence-electron chi connectivity index (χ1n) is 5.48. The summed E-state index contributed by atoms with van der Waals surface area (Å²) in [6.45, 7) is 1.70. The Morgan fingerprint density at radius 2 is 2.11 bits per heavy atom. The highest BCUT2D eigenvalue weighted by molar-refractivity contribution is 5.46. The minimum absolute atomic E-state index is 0.121. The molecule has 1 aromatic heterocycles. The Labute approximate surface area is 105 Å². The van der Waals surface area contributed by atoms with E-state index in [4.69, 9.17) is 10.00 Å². The molecular weight excluding hydrogens is 228 g/mol. The fourth-order valence-corrected chi connectivity index (χ4v) is 1.58. The third kappa shape index (κ3) is 2.31. The molecule has 0 aliphatic carbocycles. The number of benzene rings is 1. The number of nitriles is 1. The number of aliphatic hydroxyl groups is 1. The van der Waals surface area contributed by atoms with Crippen molar-refractivity contribution < 1.29 is 9.84 Å². The van der Waals surface area contributed by atoms with Crippen molar-refractivity contribution in [1.29, 1.82) is 5.26 Å². The first-order valence-corrected chi connectivity index (χ1v) is 5.48. The zero-order chi connectivity index (χ0) is 13.0. The zero-order valence-corrected chi connectivity index (χ0v) is 9.92. The second-order valence-corrected chi connectivity index (χ2v) is 3.79. The summed E-state index contributed by atoms with van der Waals surface area (Å²) < 4.78 is 5.61. The van der Waals surface area contributed by atoms with Crippen LogP contribution in [-0.2, 0) is 6.61 Å². The number of pyridine rings is 1. The molecule has 0 radical (unpaired) electrons. The monoisotopic (exact) mass is 240 g/mol. The molecule has 0 aliphatic rings. The molecular formula is C14H12N2O2. The molecule has 4 nitrogen and oxygen atoms in total. The Balaban J connectivity index is 2.41. The van der Waals surface area contributed by atoms with Crippen LogP contribution in [0.25, 0.3) is 0 Å². The van der Waals surface area contributed by atoms with Crippen molar-refractivity contribution in [3.8, 4) is 17.7 Å². The van der Waals surface area contributed by atoms with Crippen LogP contribution in [0.15, 0.2) is 36.5 Å². The van der Waals surface area contributed by atoms with Gasteiger partial charge in [-0.3, -0.25) is 0 Å². The van der Waals surface area contributed by atoms with Gasteiger partial charge in [-0.1, -0.05) is 18.2 Å². The molecule has 0 amide bonds. The van der Waals surface area contributed by atoms with Crippen LogP contribution in [-0.4, -0.2) is 10.1 Å². The van der Waals surface area contributed by atoms with Crippen LogP contribution in [0.1, 0.15) is 16.7 Å². The number of hydrogen-bond acceptors (Lipinski definition) is 4. The molecule has 90 valence electrons. The summed E-state index contributed by atoms with van der Waals surface area (Å²) >= 11 is 0. The predicted octanol–water partition coefficient (Wildman–Crippen LogP) is 2.55. The van der Waals surface area contributed by atoms with E-state index in [9.17, 15) is 5.11 Å². The van der Waals surface area contributed by atoms with Gasteiger partial charge in [0.05, 0.1) is 6.61 Å². The van der Waals surface area contributed by atoms with Crippen LogP contribution in [0.4, 0.5) is 0 Å². The summed E-state index contributed by atoms with van der Waals surface area (Å²) in [5.74, 6) is 0.771. The first kappa shape index (κ1) is 12.1. The lowest BCUT2D eigenvalue weighted by molar-refractivity contribution is 0.276. The molecule has 4 heteroatoms. The number of para-hydroxylation sites is 1. The van der Waals surface area contributed by atoms with E-state index < -0.39 is 0 Å². The molecule has 1 heterocycles. The minimum Gasteiger partial charge on any atom is -0.437 e. The van der Waals surface area contributed by atoms with E-state index in [0.29, 0.717) is 16.9 Å². The van der Waals surface area contributed by atoms with Crippen LogP contribution in [0, 0.1) is 18.3 Å². The summed E-state index contributed by atoms with van der Waals surface area (Å²) in [5.41, 5.74) is 1.87. The maximum atomic E-state index is 9.21. The van der Waals surface area contributed by atoms with Gasteiger partial charge in [0.2, 0.25) is 5.88 Å². The molecule has 0 atom stereocenters. The van der Waals surface area contributed by atoms with Gasteiger partial charge >= 0.3 is 0 Å². The van der Waals surface area contributed by atoms with Crippen molar-refractivity contribution in [3.63, 3.8) is 0 Å². The number of ether oxygens (including phenoxy) is 1. The average molecular weight is 240 g/mol. The van der Waals surface area contributed by atoms with Gasteiger partial charge in [-0.05, 0) is 24.6 Å². The van der Waals surface area contributed by atoms with Crippen LogP contribution in [0.2, 0.25) is 0 Å². The minimum atomic E-state index is -0.121. The van der Waals surface area contributed by atoms with E-state index in [2.05, 4.69) is 11.1 Å². The molecule has 0 saturated carbocycles. The molecule has 1 N–H and O–H groups in total. The Morgan fingerprint density at radius 1 is 1.33 bits per heavy atom. The fourth-order valence-electron chi connectivity index (χ4n) is 1.58. The second-order valence-electron chi connectivity index (χ2n) is 3.79. The van der Waals surface area contributed by atoms with Crippen molar-refractivity contribution in [1.82, 2.24) is 4.98 Å². The van der Waals surface area contributed by atoms with Gasteiger partial charge in [-0.15, -0.1) is 0 Å². The highest BCUT2D eigenvalue weighted by Gasteiger charge is 2.10.